The van der Waals surface area contributed by atoms with Gasteiger partial charge in [-0.15, -0.1) is 12.4 Å². The molecule has 4 heteroatoms. The standard InChI is InChI=1S/C15H28N2O.ClH/c1-11(12-5-4-6-16-9-12)7-14(18)17-10-13-8-15(13,2)3;/h11-13,16H,4-10H2,1-3H3,(H,17,18);1H. The van der Waals surface area contributed by atoms with E-state index in [1.807, 2.05) is 0 Å². The summed E-state index contributed by atoms with van der Waals surface area (Å²) < 4.78 is 0. The SMILES string of the molecule is CC(CC(=O)NCC1CC1(C)C)C1CCCNC1.Cl. The first-order valence-corrected chi connectivity index (χ1v) is 7.46. The van der Waals surface area contributed by atoms with E-state index in [-0.39, 0.29) is 18.3 Å². The number of rotatable bonds is 5. The molecule has 1 aliphatic heterocycles. The van der Waals surface area contributed by atoms with Gasteiger partial charge in [-0.05, 0) is 55.5 Å². The molecule has 0 spiro atoms. The third-order valence-corrected chi connectivity index (χ3v) is 4.91. The number of halogens is 1. The molecule has 0 aromatic carbocycles. The fraction of sp³-hybridized carbons (Fsp3) is 0.933. The monoisotopic (exact) mass is 288 g/mol. The van der Waals surface area contributed by atoms with Gasteiger partial charge in [0.1, 0.15) is 0 Å². The van der Waals surface area contributed by atoms with Crippen LogP contribution < -0.4 is 10.6 Å². The van der Waals surface area contributed by atoms with Gasteiger partial charge < -0.3 is 10.6 Å². The molecule has 1 heterocycles. The summed E-state index contributed by atoms with van der Waals surface area (Å²) in [5.74, 6) is 2.13. The minimum atomic E-state index is 0. The zero-order chi connectivity index (χ0) is 13.2. The molecular formula is C15H29ClN2O. The molecule has 2 rings (SSSR count). The van der Waals surface area contributed by atoms with Gasteiger partial charge in [-0.25, -0.2) is 0 Å². The normalized spacial score (nSPS) is 30.1. The van der Waals surface area contributed by atoms with Gasteiger partial charge in [0.25, 0.3) is 0 Å². The Labute approximate surface area is 123 Å². The fourth-order valence-corrected chi connectivity index (χ4v) is 3.06. The summed E-state index contributed by atoms with van der Waals surface area (Å²) >= 11 is 0. The van der Waals surface area contributed by atoms with Crippen molar-refractivity contribution in [2.45, 2.75) is 46.5 Å². The second kappa shape index (κ2) is 6.94. The molecule has 0 radical (unpaired) electrons. The van der Waals surface area contributed by atoms with Crippen LogP contribution in [0.2, 0.25) is 0 Å². The average molecular weight is 289 g/mol. The summed E-state index contributed by atoms with van der Waals surface area (Å²) in [5, 5.41) is 6.54. The summed E-state index contributed by atoms with van der Waals surface area (Å²) in [4.78, 5) is 11.9. The second-order valence-corrected chi connectivity index (χ2v) is 6.98. The first kappa shape index (κ1) is 16.8. The molecule has 112 valence electrons. The van der Waals surface area contributed by atoms with E-state index in [9.17, 15) is 4.79 Å². The van der Waals surface area contributed by atoms with Crippen LogP contribution in [0.1, 0.15) is 46.5 Å². The van der Waals surface area contributed by atoms with E-state index < -0.39 is 0 Å². The van der Waals surface area contributed by atoms with Gasteiger partial charge >= 0.3 is 0 Å². The molecule has 3 atom stereocenters. The Morgan fingerprint density at radius 3 is 2.68 bits per heavy atom. The molecule has 2 fully saturated rings. The van der Waals surface area contributed by atoms with Crippen molar-refractivity contribution in [3.63, 3.8) is 0 Å². The molecule has 3 unspecified atom stereocenters. The molecule has 19 heavy (non-hydrogen) atoms. The third kappa shape index (κ3) is 4.96. The third-order valence-electron chi connectivity index (χ3n) is 4.91. The Morgan fingerprint density at radius 1 is 1.47 bits per heavy atom. The molecule has 2 aliphatic rings. The molecule has 1 aliphatic carbocycles. The number of carbonyl (C=O) groups is 1. The smallest absolute Gasteiger partial charge is 0.220 e. The molecule has 2 N–H and O–H groups in total. The number of nitrogens with one attached hydrogen (secondary N) is 2. The van der Waals surface area contributed by atoms with Crippen LogP contribution in [0.3, 0.4) is 0 Å². The predicted molar refractivity (Wildman–Crippen MR) is 81.5 cm³/mol. The van der Waals surface area contributed by atoms with E-state index in [0.29, 0.717) is 29.6 Å². The van der Waals surface area contributed by atoms with Gasteiger partial charge in [-0.1, -0.05) is 20.8 Å². The minimum absolute atomic E-state index is 0. The Kier molecular flexibility index (Phi) is 6.13. The zero-order valence-electron chi connectivity index (χ0n) is 12.5. The number of carbonyl (C=O) groups excluding carboxylic acids is 1. The van der Waals surface area contributed by atoms with E-state index in [2.05, 4.69) is 31.4 Å². The van der Waals surface area contributed by atoms with Crippen LogP contribution in [0.25, 0.3) is 0 Å². The van der Waals surface area contributed by atoms with Crippen LogP contribution in [-0.2, 0) is 4.79 Å². The van der Waals surface area contributed by atoms with Crippen molar-refractivity contribution in [1.29, 1.82) is 0 Å². The quantitative estimate of drug-likeness (QED) is 0.816. The van der Waals surface area contributed by atoms with Crippen molar-refractivity contribution in [3.05, 3.63) is 0 Å². The topological polar surface area (TPSA) is 41.1 Å². The van der Waals surface area contributed by atoms with Crippen LogP contribution in [0.15, 0.2) is 0 Å². The lowest BCUT2D eigenvalue weighted by atomic mass is 9.85. The lowest BCUT2D eigenvalue weighted by molar-refractivity contribution is -0.122. The largest absolute Gasteiger partial charge is 0.356 e. The number of amides is 1. The van der Waals surface area contributed by atoms with Gasteiger partial charge in [-0.3, -0.25) is 4.79 Å². The van der Waals surface area contributed by atoms with Crippen molar-refractivity contribution in [1.82, 2.24) is 10.6 Å². The zero-order valence-corrected chi connectivity index (χ0v) is 13.3. The van der Waals surface area contributed by atoms with Crippen LogP contribution in [0.4, 0.5) is 0 Å². The summed E-state index contributed by atoms with van der Waals surface area (Å²) in [6.45, 7) is 9.89. The van der Waals surface area contributed by atoms with Gasteiger partial charge in [0.05, 0.1) is 0 Å². The molecule has 0 aromatic heterocycles. The summed E-state index contributed by atoms with van der Waals surface area (Å²) in [6, 6.07) is 0. The number of piperidine rings is 1. The minimum Gasteiger partial charge on any atom is -0.356 e. The van der Waals surface area contributed by atoms with E-state index in [0.717, 1.165) is 19.6 Å². The van der Waals surface area contributed by atoms with Crippen molar-refractivity contribution < 1.29 is 4.79 Å². The molecule has 1 saturated heterocycles. The van der Waals surface area contributed by atoms with E-state index in [1.165, 1.54) is 19.3 Å². The van der Waals surface area contributed by atoms with Gasteiger partial charge in [0.2, 0.25) is 5.91 Å². The highest BCUT2D eigenvalue weighted by atomic mass is 35.5. The van der Waals surface area contributed by atoms with Gasteiger partial charge in [0, 0.05) is 13.0 Å². The highest BCUT2D eigenvalue weighted by Gasteiger charge is 2.45. The number of hydrogen-bond acceptors (Lipinski definition) is 2. The van der Waals surface area contributed by atoms with E-state index in [4.69, 9.17) is 0 Å². The lowest BCUT2D eigenvalue weighted by Gasteiger charge is -2.28. The van der Waals surface area contributed by atoms with Crippen molar-refractivity contribution in [2.75, 3.05) is 19.6 Å². The predicted octanol–water partition coefficient (Wildman–Crippen LogP) is 2.60. The highest BCUT2D eigenvalue weighted by Crippen LogP contribution is 2.50. The molecule has 1 saturated carbocycles. The molecular weight excluding hydrogens is 260 g/mol. The fourth-order valence-electron chi connectivity index (χ4n) is 3.06. The second-order valence-electron chi connectivity index (χ2n) is 6.98. The van der Waals surface area contributed by atoms with Crippen LogP contribution in [-0.4, -0.2) is 25.5 Å². The maximum Gasteiger partial charge on any atom is 0.220 e. The van der Waals surface area contributed by atoms with Crippen molar-refractivity contribution in [3.8, 4) is 0 Å². The molecule has 0 aromatic rings. The van der Waals surface area contributed by atoms with E-state index >= 15 is 0 Å². The average Bonchev–Trinajstić information content (AvgIpc) is 2.96. The summed E-state index contributed by atoms with van der Waals surface area (Å²) in [6.07, 6.45) is 4.48. The molecule has 0 bridgehead atoms. The highest BCUT2D eigenvalue weighted by molar-refractivity contribution is 5.85. The lowest BCUT2D eigenvalue weighted by Crippen LogP contribution is -2.36. The molecule has 1 amide bonds. The van der Waals surface area contributed by atoms with Crippen LogP contribution >= 0.6 is 12.4 Å². The maximum atomic E-state index is 11.9. The van der Waals surface area contributed by atoms with Crippen LogP contribution in [0, 0.1) is 23.2 Å². The van der Waals surface area contributed by atoms with Crippen molar-refractivity contribution in [2.24, 2.45) is 23.2 Å². The van der Waals surface area contributed by atoms with Crippen molar-refractivity contribution >= 4 is 18.3 Å². The first-order valence-electron chi connectivity index (χ1n) is 7.46. The summed E-state index contributed by atoms with van der Waals surface area (Å²) in [5.41, 5.74) is 0.464. The Hall–Kier alpha value is -0.280. The summed E-state index contributed by atoms with van der Waals surface area (Å²) in [7, 11) is 0. The Morgan fingerprint density at radius 2 is 2.16 bits per heavy atom. The Balaban J connectivity index is 0.00000180. The van der Waals surface area contributed by atoms with Crippen LogP contribution in [0.5, 0.6) is 0 Å². The number of hydrogen-bond donors (Lipinski definition) is 2. The molecule has 3 nitrogen and oxygen atoms in total. The van der Waals surface area contributed by atoms with Gasteiger partial charge in [-0.2, -0.15) is 0 Å². The van der Waals surface area contributed by atoms with Gasteiger partial charge in [0.15, 0.2) is 0 Å². The van der Waals surface area contributed by atoms with E-state index in [1.54, 1.807) is 0 Å². The first-order chi connectivity index (χ1) is 8.49. The maximum absolute atomic E-state index is 11.9. The Bertz CT molecular complexity index is 301.